The predicted molar refractivity (Wildman–Crippen MR) is 77.2 cm³/mol. The number of piperidine rings is 1. The molecule has 0 radical (unpaired) electrons. The molecule has 0 bridgehead atoms. The van der Waals surface area contributed by atoms with Crippen LogP contribution in [-0.2, 0) is 4.74 Å². The SMILES string of the molecule is CC(C)OC[C@@H](O)CN1C(C)(C)CC(O)CC1(C)C. The van der Waals surface area contributed by atoms with Crippen LogP contribution in [0.25, 0.3) is 0 Å². The summed E-state index contributed by atoms with van der Waals surface area (Å²) in [6.45, 7) is 13.4. The van der Waals surface area contributed by atoms with Gasteiger partial charge in [0, 0.05) is 17.6 Å². The molecule has 114 valence electrons. The minimum absolute atomic E-state index is 0.111. The molecular weight excluding hydrogens is 242 g/mol. The van der Waals surface area contributed by atoms with Crippen LogP contribution in [0.1, 0.15) is 54.4 Å². The van der Waals surface area contributed by atoms with Gasteiger partial charge in [0.2, 0.25) is 0 Å². The molecule has 1 saturated heterocycles. The molecule has 4 nitrogen and oxygen atoms in total. The highest BCUT2D eigenvalue weighted by Crippen LogP contribution is 2.38. The third-order valence-electron chi connectivity index (χ3n) is 3.95. The molecule has 1 rings (SSSR count). The van der Waals surface area contributed by atoms with Crippen LogP contribution in [-0.4, -0.2) is 57.7 Å². The highest BCUT2D eigenvalue weighted by Gasteiger charge is 2.45. The van der Waals surface area contributed by atoms with Gasteiger partial charge in [-0.15, -0.1) is 0 Å². The van der Waals surface area contributed by atoms with E-state index in [0.717, 1.165) is 12.8 Å². The molecule has 0 spiro atoms. The van der Waals surface area contributed by atoms with Crippen LogP contribution < -0.4 is 0 Å². The Bertz CT molecular complexity index is 271. The van der Waals surface area contributed by atoms with Gasteiger partial charge in [-0.1, -0.05) is 0 Å². The molecule has 1 aliphatic heterocycles. The Kier molecular flexibility index (Phi) is 5.41. The number of aliphatic hydroxyl groups excluding tert-OH is 2. The van der Waals surface area contributed by atoms with Gasteiger partial charge in [-0.05, 0) is 54.4 Å². The average molecular weight is 273 g/mol. The fraction of sp³-hybridized carbons (Fsp3) is 1.00. The Hall–Kier alpha value is -0.160. The van der Waals surface area contributed by atoms with Crippen LogP contribution in [0.15, 0.2) is 0 Å². The second kappa shape index (κ2) is 6.08. The van der Waals surface area contributed by atoms with E-state index < -0.39 is 6.10 Å². The predicted octanol–water partition coefficient (Wildman–Crippen LogP) is 1.79. The maximum Gasteiger partial charge on any atom is 0.0900 e. The van der Waals surface area contributed by atoms with E-state index in [1.54, 1.807) is 0 Å². The van der Waals surface area contributed by atoms with Crippen LogP contribution in [0.4, 0.5) is 0 Å². The van der Waals surface area contributed by atoms with Gasteiger partial charge in [0.15, 0.2) is 0 Å². The van der Waals surface area contributed by atoms with E-state index >= 15 is 0 Å². The summed E-state index contributed by atoms with van der Waals surface area (Å²) in [5, 5.41) is 20.1. The minimum atomic E-state index is -0.490. The Labute approximate surface area is 117 Å². The lowest BCUT2D eigenvalue weighted by Crippen LogP contribution is -2.63. The molecule has 0 aromatic heterocycles. The number of likely N-dealkylation sites (tertiary alicyclic amines) is 1. The summed E-state index contributed by atoms with van der Waals surface area (Å²) >= 11 is 0. The van der Waals surface area contributed by atoms with Gasteiger partial charge in [-0.25, -0.2) is 0 Å². The molecule has 1 atom stereocenters. The minimum Gasteiger partial charge on any atom is -0.393 e. The number of β-amino-alcohol motifs (C(OH)–C–C–N with tert-alkyl or cyclic N) is 1. The highest BCUT2D eigenvalue weighted by atomic mass is 16.5. The lowest BCUT2D eigenvalue weighted by Gasteiger charge is -2.55. The van der Waals surface area contributed by atoms with Crippen LogP contribution in [0.3, 0.4) is 0 Å². The monoisotopic (exact) mass is 273 g/mol. The third-order valence-corrected chi connectivity index (χ3v) is 3.95. The van der Waals surface area contributed by atoms with E-state index in [4.69, 9.17) is 4.74 Å². The van der Waals surface area contributed by atoms with Crippen molar-refractivity contribution in [1.29, 1.82) is 0 Å². The fourth-order valence-corrected chi connectivity index (χ4v) is 3.33. The first kappa shape index (κ1) is 16.9. The zero-order chi connectivity index (χ0) is 14.8. The summed E-state index contributed by atoms with van der Waals surface area (Å²) in [5.74, 6) is 0. The quantitative estimate of drug-likeness (QED) is 0.802. The lowest BCUT2D eigenvalue weighted by molar-refractivity contribution is -0.107. The van der Waals surface area contributed by atoms with Crippen molar-refractivity contribution in [2.24, 2.45) is 0 Å². The smallest absolute Gasteiger partial charge is 0.0900 e. The number of aliphatic hydroxyl groups is 2. The molecule has 19 heavy (non-hydrogen) atoms. The molecule has 0 unspecified atom stereocenters. The molecular formula is C15H31NO3. The Balaban J connectivity index is 2.67. The third kappa shape index (κ3) is 4.71. The van der Waals surface area contributed by atoms with E-state index in [0.29, 0.717) is 13.2 Å². The van der Waals surface area contributed by atoms with Crippen molar-refractivity contribution in [2.75, 3.05) is 13.2 Å². The first-order valence-corrected chi connectivity index (χ1v) is 7.30. The maximum atomic E-state index is 10.2. The first-order chi connectivity index (χ1) is 8.54. The maximum absolute atomic E-state index is 10.2. The zero-order valence-corrected chi connectivity index (χ0v) is 13.3. The van der Waals surface area contributed by atoms with E-state index in [1.807, 2.05) is 13.8 Å². The van der Waals surface area contributed by atoms with E-state index in [1.165, 1.54) is 0 Å². The number of hydrogen-bond acceptors (Lipinski definition) is 4. The summed E-state index contributed by atoms with van der Waals surface area (Å²) < 4.78 is 5.48. The normalized spacial score (nSPS) is 25.7. The molecule has 0 aromatic rings. The molecule has 0 saturated carbocycles. The van der Waals surface area contributed by atoms with Crippen LogP contribution in [0.2, 0.25) is 0 Å². The van der Waals surface area contributed by atoms with E-state index in [9.17, 15) is 10.2 Å². The van der Waals surface area contributed by atoms with Crippen molar-refractivity contribution in [1.82, 2.24) is 4.90 Å². The molecule has 0 amide bonds. The summed E-state index contributed by atoms with van der Waals surface area (Å²) in [4.78, 5) is 2.31. The van der Waals surface area contributed by atoms with Crippen molar-refractivity contribution in [3.63, 3.8) is 0 Å². The Morgan fingerprint density at radius 1 is 1.16 bits per heavy atom. The zero-order valence-electron chi connectivity index (χ0n) is 13.3. The van der Waals surface area contributed by atoms with Crippen molar-refractivity contribution in [3.8, 4) is 0 Å². The number of nitrogens with zero attached hydrogens (tertiary/aromatic N) is 1. The molecule has 0 aromatic carbocycles. The first-order valence-electron chi connectivity index (χ1n) is 7.30. The van der Waals surface area contributed by atoms with Gasteiger partial charge in [0.05, 0.1) is 24.9 Å². The largest absolute Gasteiger partial charge is 0.393 e. The molecule has 2 N–H and O–H groups in total. The topological polar surface area (TPSA) is 52.9 Å². The molecule has 1 heterocycles. The van der Waals surface area contributed by atoms with Crippen molar-refractivity contribution in [3.05, 3.63) is 0 Å². The van der Waals surface area contributed by atoms with Crippen LogP contribution >= 0.6 is 0 Å². The Morgan fingerprint density at radius 2 is 1.63 bits per heavy atom. The van der Waals surface area contributed by atoms with Gasteiger partial charge in [0.1, 0.15) is 0 Å². The second-order valence-corrected chi connectivity index (χ2v) is 7.33. The van der Waals surface area contributed by atoms with Gasteiger partial charge in [0.25, 0.3) is 0 Å². The highest BCUT2D eigenvalue weighted by molar-refractivity contribution is 5.00. The van der Waals surface area contributed by atoms with Crippen molar-refractivity contribution < 1.29 is 14.9 Å². The van der Waals surface area contributed by atoms with E-state index in [-0.39, 0.29) is 23.3 Å². The van der Waals surface area contributed by atoms with Gasteiger partial charge < -0.3 is 14.9 Å². The summed E-state index contributed by atoms with van der Waals surface area (Å²) in [5.41, 5.74) is -0.222. The second-order valence-electron chi connectivity index (χ2n) is 7.33. The number of hydrogen-bond donors (Lipinski definition) is 2. The standard InChI is InChI=1S/C15H31NO3/c1-11(2)19-10-13(18)9-16-14(3,4)7-12(17)8-15(16,5)6/h11-13,17-18H,7-10H2,1-6H3/t13-/m0/s1. The Morgan fingerprint density at radius 3 is 2.05 bits per heavy atom. The summed E-state index contributed by atoms with van der Waals surface area (Å²) in [6.07, 6.45) is 0.878. The molecule has 4 heteroatoms. The molecule has 1 aliphatic rings. The average Bonchev–Trinajstić information content (AvgIpc) is 2.18. The van der Waals surface area contributed by atoms with Crippen molar-refractivity contribution in [2.45, 2.75) is 83.8 Å². The van der Waals surface area contributed by atoms with Gasteiger partial charge in [-0.2, -0.15) is 0 Å². The lowest BCUT2D eigenvalue weighted by atomic mass is 9.78. The summed E-state index contributed by atoms with van der Waals surface area (Å²) in [6, 6.07) is 0. The molecule has 0 aliphatic carbocycles. The van der Waals surface area contributed by atoms with E-state index in [2.05, 4.69) is 32.6 Å². The number of ether oxygens (including phenoxy) is 1. The van der Waals surface area contributed by atoms with Crippen LogP contribution in [0, 0.1) is 0 Å². The van der Waals surface area contributed by atoms with Gasteiger partial charge >= 0.3 is 0 Å². The molecule has 1 fully saturated rings. The van der Waals surface area contributed by atoms with Crippen LogP contribution in [0.5, 0.6) is 0 Å². The number of rotatable bonds is 5. The summed E-state index contributed by atoms with van der Waals surface area (Å²) in [7, 11) is 0. The fourth-order valence-electron chi connectivity index (χ4n) is 3.33. The van der Waals surface area contributed by atoms with Crippen molar-refractivity contribution >= 4 is 0 Å². The van der Waals surface area contributed by atoms with Gasteiger partial charge in [-0.3, -0.25) is 4.90 Å².